The van der Waals surface area contributed by atoms with Crippen molar-refractivity contribution in [2.45, 2.75) is 12.5 Å². The Morgan fingerprint density at radius 1 is 1.15 bits per heavy atom. The first-order valence-corrected chi connectivity index (χ1v) is 6.73. The van der Waals surface area contributed by atoms with E-state index in [0.29, 0.717) is 11.4 Å². The molecule has 1 atom stereocenters. The van der Waals surface area contributed by atoms with Gasteiger partial charge in [0.2, 0.25) is 0 Å². The molecule has 1 heterocycles. The molecule has 0 radical (unpaired) electrons. The van der Waals surface area contributed by atoms with Gasteiger partial charge in [0.15, 0.2) is 0 Å². The molecule has 3 nitrogen and oxygen atoms in total. The fourth-order valence-electron chi connectivity index (χ4n) is 2.27. The van der Waals surface area contributed by atoms with Crippen LogP contribution in [0.1, 0.15) is 12.0 Å². The molecule has 0 saturated heterocycles. The highest BCUT2D eigenvalue weighted by Gasteiger charge is 2.28. The van der Waals surface area contributed by atoms with Crippen LogP contribution in [0.4, 0.5) is 5.69 Å². The number of nitriles is 1. The predicted molar refractivity (Wildman–Crippen MR) is 80.9 cm³/mol. The maximum Gasteiger partial charge on any atom is 0.144 e. The zero-order valence-corrected chi connectivity index (χ0v) is 11.5. The molecule has 0 N–H and O–H groups in total. The average molecular weight is 282 g/mol. The van der Waals surface area contributed by atoms with Gasteiger partial charge in [-0.3, -0.25) is 0 Å². The first-order chi connectivity index (χ1) is 9.78. The van der Waals surface area contributed by atoms with Crippen molar-refractivity contribution in [3.05, 3.63) is 65.2 Å². The van der Waals surface area contributed by atoms with Crippen molar-refractivity contribution in [3.8, 4) is 6.07 Å². The number of hydrazone groups is 1. The van der Waals surface area contributed by atoms with Crippen LogP contribution in [-0.4, -0.2) is 11.8 Å². The highest BCUT2D eigenvalue weighted by atomic mass is 35.5. The largest absolute Gasteiger partial charge is 0.248 e. The Balaban J connectivity index is 1.97. The summed E-state index contributed by atoms with van der Waals surface area (Å²) in [4.78, 5) is 0. The van der Waals surface area contributed by atoms with E-state index >= 15 is 0 Å². The van der Waals surface area contributed by atoms with Gasteiger partial charge >= 0.3 is 0 Å². The highest BCUT2D eigenvalue weighted by molar-refractivity contribution is 6.31. The smallest absolute Gasteiger partial charge is 0.144 e. The summed E-state index contributed by atoms with van der Waals surface area (Å²) in [7, 11) is 0. The summed E-state index contributed by atoms with van der Waals surface area (Å²) in [6.45, 7) is 0. The van der Waals surface area contributed by atoms with Gasteiger partial charge in [0, 0.05) is 11.4 Å². The number of nitrogens with zero attached hydrogens (tertiary/aromatic N) is 3. The molecular weight excluding hydrogens is 270 g/mol. The van der Waals surface area contributed by atoms with Crippen LogP contribution in [0.15, 0.2) is 59.7 Å². The fraction of sp³-hybridized carbons (Fsp3) is 0.125. The Kier molecular flexibility index (Phi) is 3.41. The van der Waals surface area contributed by atoms with Gasteiger partial charge in [-0.25, -0.2) is 5.01 Å². The minimum atomic E-state index is -0.272. The Morgan fingerprint density at radius 3 is 2.65 bits per heavy atom. The SMILES string of the molecule is N#CC1CC(c2cccc(Cl)c2)=NN1c1ccccc1. The number of halogens is 1. The van der Waals surface area contributed by atoms with Crippen molar-refractivity contribution in [1.82, 2.24) is 0 Å². The summed E-state index contributed by atoms with van der Waals surface area (Å²) < 4.78 is 0. The molecule has 4 heteroatoms. The third kappa shape index (κ3) is 2.38. The van der Waals surface area contributed by atoms with E-state index in [-0.39, 0.29) is 6.04 Å². The van der Waals surface area contributed by atoms with E-state index in [0.717, 1.165) is 17.0 Å². The second-order valence-electron chi connectivity index (χ2n) is 4.59. The molecule has 0 amide bonds. The lowest BCUT2D eigenvalue weighted by Crippen LogP contribution is -2.24. The molecule has 98 valence electrons. The molecule has 3 rings (SSSR count). The quantitative estimate of drug-likeness (QED) is 0.839. The Labute approximate surface area is 122 Å². The maximum atomic E-state index is 9.33. The second-order valence-corrected chi connectivity index (χ2v) is 5.02. The van der Waals surface area contributed by atoms with Crippen molar-refractivity contribution in [1.29, 1.82) is 5.26 Å². The number of hydrogen-bond donors (Lipinski definition) is 0. The zero-order valence-electron chi connectivity index (χ0n) is 10.7. The molecule has 0 fully saturated rings. The van der Waals surface area contributed by atoms with Gasteiger partial charge in [0.25, 0.3) is 0 Å². The fourth-order valence-corrected chi connectivity index (χ4v) is 2.46. The third-order valence-corrected chi connectivity index (χ3v) is 3.47. The van der Waals surface area contributed by atoms with Gasteiger partial charge in [0.1, 0.15) is 6.04 Å². The van der Waals surface area contributed by atoms with Crippen molar-refractivity contribution < 1.29 is 0 Å². The van der Waals surface area contributed by atoms with Crippen LogP contribution < -0.4 is 5.01 Å². The summed E-state index contributed by atoms with van der Waals surface area (Å²) in [5, 5.41) is 16.4. The van der Waals surface area contributed by atoms with Crippen LogP contribution >= 0.6 is 11.6 Å². The minimum Gasteiger partial charge on any atom is -0.248 e. The molecule has 0 aromatic heterocycles. The Hall–Kier alpha value is -2.31. The molecule has 1 aliphatic heterocycles. The van der Waals surface area contributed by atoms with Crippen LogP contribution in [0.25, 0.3) is 0 Å². The number of rotatable bonds is 2. The molecule has 1 aliphatic rings. The summed E-state index contributed by atoms with van der Waals surface area (Å²) in [6, 6.07) is 19.3. The molecule has 20 heavy (non-hydrogen) atoms. The average Bonchev–Trinajstić information content (AvgIpc) is 2.92. The first kappa shape index (κ1) is 12.7. The molecule has 1 unspecified atom stereocenters. The monoisotopic (exact) mass is 281 g/mol. The van der Waals surface area contributed by atoms with Crippen molar-refractivity contribution in [3.63, 3.8) is 0 Å². The number of benzene rings is 2. The molecule has 0 aliphatic carbocycles. The molecule has 2 aromatic rings. The van der Waals surface area contributed by atoms with Crippen LogP contribution in [0, 0.1) is 11.3 Å². The van der Waals surface area contributed by atoms with E-state index < -0.39 is 0 Å². The third-order valence-electron chi connectivity index (χ3n) is 3.24. The van der Waals surface area contributed by atoms with Crippen LogP contribution in [-0.2, 0) is 0 Å². The number of anilines is 1. The summed E-state index contributed by atoms with van der Waals surface area (Å²) in [6.07, 6.45) is 0.603. The lowest BCUT2D eigenvalue weighted by molar-refractivity contribution is 0.800. The molecule has 0 spiro atoms. The zero-order chi connectivity index (χ0) is 13.9. The van der Waals surface area contributed by atoms with Gasteiger partial charge in [-0.15, -0.1) is 0 Å². The van der Waals surface area contributed by atoms with Crippen molar-refractivity contribution in [2.24, 2.45) is 5.10 Å². The molecule has 2 aromatic carbocycles. The van der Waals surface area contributed by atoms with Gasteiger partial charge in [0.05, 0.1) is 17.5 Å². The van der Waals surface area contributed by atoms with Gasteiger partial charge in [-0.2, -0.15) is 10.4 Å². The summed E-state index contributed by atoms with van der Waals surface area (Å²) >= 11 is 6.01. The van der Waals surface area contributed by atoms with Crippen molar-refractivity contribution in [2.75, 3.05) is 5.01 Å². The number of para-hydroxylation sites is 1. The van der Waals surface area contributed by atoms with E-state index in [9.17, 15) is 5.26 Å². The normalized spacial score (nSPS) is 17.7. The number of hydrogen-bond acceptors (Lipinski definition) is 3. The van der Waals surface area contributed by atoms with Crippen LogP contribution in [0.5, 0.6) is 0 Å². The Morgan fingerprint density at radius 2 is 1.95 bits per heavy atom. The van der Waals surface area contributed by atoms with E-state index in [1.165, 1.54) is 0 Å². The summed E-state index contributed by atoms with van der Waals surface area (Å²) in [5.41, 5.74) is 2.79. The topological polar surface area (TPSA) is 39.4 Å². The first-order valence-electron chi connectivity index (χ1n) is 6.35. The summed E-state index contributed by atoms with van der Waals surface area (Å²) in [5.74, 6) is 0. The molecular formula is C16H12ClN3. The molecule has 0 saturated carbocycles. The van der Waals surface area contributed by atoms with E-state index in [1.807, 2.05) is 54.6 Å². The van der Waals surface area contributed by atoms with Gasteiger partial charge in [-0.05, 0) is 29.8 Å². The van der Waals surface area contributed by atoms with Gasteiger partial charge in [-0.1, -0.05) is 41.9 Å². The highest BCUT2D eigenvalue weighted by Crippen LogP contribution is 2.26. The van der Waals surface area contributed by atoms with E-state index in [2.05, 4.69) is 11.2 Å². The maximum absolute atomic E-state index is 9.33. The van der Waals surface area contributed by atoms with E-state index in [4.69, 9.17) is 11.6 Å². The van der Waals surface area contributed by atoms with Crippen LogP contribution in [0.2, 0.25) is 5.02 Å². The lowest BCUT2D eigenvalue weighted by Gasteiger charge is -2.17. The van der Waals surface area contributed by atoms with E-state index in [1.54, 1.807) is 5.01 Å². The Bertz CT molecular complexity index is 688. The molecule has 0 bridgehead atoms. The van der Waals surface area contributed by atoms with Crippen molar-refractivity contribution >= 4 is 23.0 Å². The van der Waals surface area contributed by atoms with Gasteiger partial charge < -0.3 is 0 Å². The van der Waals surface area contributed by atoms with Crippen LogP contribution in [0.3, 0.4) is 0 Å². The lowest BCUT2D eigenvalue weighted by atomic mass is 10.0. The minimum absolute atomic E-state index is 0.272. The predicted octanol–water partition coefficient (Wildman–Crippen LogP) is 3.85. The standard InChI is InChI=1S/C16H12ClN3/c17-13-6-4-5-12(9-13)16-10-15(11-18)20(19-16)14-7-2-1-3-8-14/h1-9,15H,10H2. The second kappa shape index (κ2) is 5.36.